The van der Waals surface area contributed by atoms with Gasteiger partial charge < -0.3 is 15.2 Å². The molecule has 2 rings (SSSR count). The summed E-state index contributed by atoms with van der Waals surface area (Å²) in [5, 5.41) is 12.6. The van der Waals surface area contributed by atoms with Gasteiger partial charge in [0.2, 0.25) is 0 Å². The van der Waals surface area contributed by atoms with Gasteiger partial charge in [0.25, 0.3) is 0 Å². The molecule has 124 valence electrons. The molecule has 2 amide bonds. The van der Waals surface area contributed by atoms with Crippen molar-refractivity contribution in [1.29, 1.82) is 0 Å². The molecule has 0 fully saturated rings. The first-order chi connectivity index (χ1) is 10.8. The Morgan fingerprint density at radius 3 is 2.70 bits per heavy atom. The van der Waals surface area contributed by atoms with Crippen molar-refractivity contribution in [2.45, 2.75) is 46.2 Å². The number of para-hydroxylation sites is 1. The third-order valence-electron chi connectivity index (χ3n) is 3.54. The SMILES string of the molecule is CCn1c(CNC(=O)Nc2ccccc2C(C)(C)C)n[nH]c1=S. The number of anilines is 1. The normalized spacial score (nSPS) is 11.3. The molecule has 7 heteroatoms. The first kappa shape index (κ1) is 17.2. The Bertz CT molecular complexity index is 741. The van der Waals surface area contributed by atoms with Crippen molar-refractivity contribution < 1.29 is 4.79 Å². The molecule has 1 heterocycles. The number of carbonyl (C=O) groups excluding carboxylic acids is 1. The van der Waals surface area contributed by atoms with E-state index in [1.54, 1.807) is 0 Å². The Labute approximate surface area is 141 Å². The quantitative estimate of drug-likeness (QED) is 0.749. The van der Waals surface area contributed by atoms with Gasteiger partial charge in [-0.15, -0.1) is 0 Å². The lowest BCUT2D eigenvalue weighted by molar-refractivity contribution is 0.251. The van der Waals surface area contributed by atoms with Crippen LogP contribution in [-0.4, -0.2) is 20.8 Å². The molecule has 0 aliphatic carbocycles. The van der Waals surface area contributed by atoms with Crippen LogP contribution < -0.4 is 10.6 Å². The van der Waals surface area contributed by atoms with Crippen LogP contribution in [0, 0.1) is 4.77 Å². The second-order valence-electron chi connectivity index (χ2n) is 6.29. The molecule has 0 unspecified atom stereocenters. The minimum atomic E-state index is -0.265. The van der Waals surface area contributed by atoms with Gasteiger partial charge in [-0.05, 0) is 36.2 Å². The van der Waals surface area contributed by atoms with Crippen molar-refractivity contribution >= 4 is 23.9 Å². The molecule has 1 aromatic heterocycles. The number of nitrogens with zero attached hydrogens (tertiary/aromatic N) is 2. The monoisotopic (exact) mass is 333 g/mol. The maximum Gasteiger partial charge on any atom is 0.319 e. The van der Waals surface area contributed by atoms with Crippen LogP contribution in [0.25, 0.3) is 0 Å². The van der Waals surface area contributed by atoms with Crippen LogP contribution in [0.5, 0.6) is 0 Å². The molecule has 1 aromatic carbocycles. The Balaban J connectivity index is 2.05. The van der Waals surface area contributed by atoms with Crippen LogP contribution in [0.1, 0.15) is 39.1 Å². The van der Waals surface area contributed by atoms with Gasteiger partial charge in [0.15, 0.2) is 10.6 Å². The van der Waals surface area contributed by atoms with Crippen molar-refractivity contribution in [3.05, 3.63) is 40.4 Å². The van der Waals surface area contributed by atoms with Crippen molar-refractivity contribution in [3.63, 3.8) is 0 Å². The zero-order chi connectivity index (χ0) is 17.0. The zero-order valence-corrected chi connectivity index (χ0v) is 14.8. The van der Waals surface area contributed by atoms with Gasteiger partial charge in [0.05, 0.1) is 6.54 Å². The van der Waals surface area contributed by atoms with Crippen LogP contribution >= 0.6 is 12.2 Å². The van der Waals surface area contributed by atoms with Crippen molar-refractivity contribution in [3.8, 4) is 0 Å². The van der Waals surface area contributed by atoms with Crippen LogP contribution in [-0.2, 0) is 18.5 Å². The lowest BCUT2D eigenvalue weighted by atomic mass is 9.86. The molecule has 3 N–H and O–H groups in total. The van der Waals surface area contributed by atoms with Crippen molar-refractivity contribution in [2.24, 2.45) is 0 Å². The number of rotatable bonds is 4. The van der Waals surface area contributed by atoms with Gasteiger partial charge in [-0.1, -0.05) is 39.0 Å². The lowest BCUT2D eigenvalue weighted by Gasteiger charge is -2.23. The van der Waals surface area contributed by atoms with Crippen LogP contribution in [0.4, 0.5) is 10.5 Å². The molecular weight excluding hydrogens is 310 g/mol. The average Bonchev–Trinajstić information content (AvgIpc) is 2.84. The average molecular weight is 333 g/mol. The zero-order valence-electron chi connectivity index (χ0n) is 13.9. The largest absolute Gasteiger partial charge is 0.331 e. The summed E-state index contributed by atoms with van der Waals surface area (Å²) in [5.74, 6) is 0.705. The smallest absolute Gasteiger partial charge is 0.319 e. The molecule has 0 spiro atoms. The highest BCUT2D eigenvalue weighted by Gasteiger charge is 2.18. The molecule has 0 bridgehead atoms. The van der Waals surface area contributed by atoms with E-state index in [1.165, 1.54) is 0 Å². The Hall–Kier alpha value is -2.15. The number of carbonyl (C=O) groups is 1. The maximum absolute atomic E-state index is 12.2. The fraction of sp³-hybridized carbons (Fsp3) is 0.438. The van der Waals surface area contributed by atoms with Gasteiger partial charge in [0.1, 0.15) is 0 Å². The lowest BCUT2D eigenvalue weighted by Crippen LogP contribution is -2.30. The Kier molecular flexibility index (Phi) is 5.20. The van der Waals surface area contributed by atoms with Gasteiger partial charge >= 0.3 is 6.03 Å². The molecular formula is C16H23N5OS. The van der Waals surface area contributed by atoms with E-state index >= 15 is 0 Å². The van der Waals surface area contributed by atoms with E-state index in [0.717, 1.165) is 11.3 Å². The molecule has 0 aliphatic rings. The first-order valence-corrected chi connectivity index (χ1v) is 8.02. The number of hydrogen-bond acceptors (Lipinski definition) is 3. The number of H-pyrrole nitrogens is 1. The van der Waals surface area contributed by atoms with Gasteiger partial charge in [-0.2, -0.15) is 5.10 Å². The minimum absolute atomic E-state index is 0.0471. The van der Waals surface area contributed by atoms with E-state index in [0.29, 0.717) is 23.7 Å². The second kappa shape index (κ2) is 6.95. The second-order valence-corrected chi connectivity index (χ2v) is 6.68. The minimum Gasteiger partial charge on any atom is -0.331 e. The van der Waals surface area contributed by atoms with E-state index < -0.39 is 0 Å². The highest BCUT2D eigenvalue weighted by atomic mass is 32.1. The number of urea groups is 1. The van der Waals surface area contributed by atoms with Crippen LogP contribution in [0.2, 0.25) is 0 Å². The fourth-order valence-corrected chi connectivity index (χ4v) is 2.66. The van der Waals surface area contributed by atoms with E-state index in [1.807, 2.05) is 35.8 Å². The number of hydrogen-bond donors (Lipinski definition) is 3. The molecule has 0 saturated carbocycles. The van der Waals surface area contributed by atoms with Crippen LogP contribution in [0.15, 0.2) is 24.3 Å². The van der Waals surface area contributed by atoms with Gasteiger partial charge in [-0.25, -0.2) is 4.79 Å². The first-order valence-electron chi connectivity index (χ1n) is 7.61. The predicted molar refractivity (Wildman–Crippen MR) is 94.1 cm³/mol. The summed E-state index contributed by atoms with van der Waals surface area (Å²) in [6.07, 6.45) is 0. The highest BCUT2D eigenvalue weighted by Crippen LogP contribution is 2.29. The third-order valence-corrected chi connectivity index (χ3v) is 3.86. The summed E-state index contributed by atoms with van der Waals surface area (Å²) in [5.41, 5.74) is 1.85. The van der Waals surface area contributed by atoms with E-state index in [9.17, 15) is 4.79 Å². The van der Waals surface area contributed by atoms with E-state index in [4.69, 9.17) is 12.2 Å². The topological polar surface area (TPSA) is 74.7 Å². The Morgan fingerprint density at radius 1 is 1.35 bits per heavy atom. The van der Waals surface area contributed by atoms with Crippen LogP contribution in [0.3, 0.4) is 0 Å². The molecule has 2 aromatic rings. The number of nitrogens with one attached hydrogen (secondary N) is 3. The summed E-state index contributed by atoms with van der Waals surface area (Å²) in [4.78, 5) is 12.2. The Morgan fingerprint density at radius 2 is 2.04 bits per heavy atom. The molecule has 23 heavy (non-hydrogen) atoms. The summed E-state index contributed by atoms with van der Waals surface area (Å²) < 4.78 is 2.40. The molecule has 6 nitrogen and oxygen atoms in total. The maximum atomic E-state index is 12.2. The number of aromatic amines is 1. The summed E-state index contributed by atoms with van der Waals surface area (Å²) in [7, 11) is 0. The number of aromatic nitrogens is 3. The molecule has 0 aliphatic heterocycles. The summed E-state index contributed by atoms with van der Waals surface area (Å²) in [6.45, 7) is 9.35. The van der Waals surface area contributed by atoms with Crippen molar-refractivity contribution in [1.82, 2.24) is 20.1 Å². The van der Waals surface area contributed by atoms with Gasteiger partial charge in [-0.3, -0.25) is 5.10 Å². The summed E-state index contributed by atoms with van der Waals surface area (Å²) in [6, 6.07) is 7.55. The molecule has 0 atom stereocenters. The standard InChI is InChI=1S/C16H23N5OS/c1-5-21-13(19-20-15(21)23)10-17-14(22)18-12-9-7-6-8-11(12)16(2,3)4/h6-9H,5,10H2,1-4H3,(H,20,23)(H2,17,18,22). The van der Waals surface area contributed by atoms with Crippen molar-refractivity contribution in [2.75, 3.05) is 5.32 Å². The fourth-order valence-electron chi connectivity index (χ4n) is 2.38. The van der Waals surface area contributed by atoms with E-state index in [2.05, 4.69) is 41.6 Å². The highest BCUT2D eigenvalue weighted by molar-refractivity contribution is 7.71. The van der Waals surface area contributed by atoms with E-state index in [-0.39, 0.29) is 11.4 Å². The van der Waals surface area contributed by atoms with Gasteiger partial charge in [0, 0.05) is 12.2 Å². The predicted octanol–water partition coefficient (Wildman–Crippen LogP) is 3.58. The molecule has 0 saturated heterocycles. The third kappa shape index (κ3) is 4.19. The summed E-state index contributed by atoms with van der Waals surface area (Å²) >= 11 is 5.13. The number of amides is 2. The number of benzene rings is 1. The molecule has 0 radical (unpaired) electrons.